The molecule has 6 atom stereocenters. The van der Waals surface area contributed by atoms with Crippen LogP contribution in [0.2, 0.25) is 0 Å². The van der Waals surface area contributed by atoms with E-state index in [9.17, 15) is 28.2 Å². The van der Waals surface area contributed by atoms with Gasteiger partial charge in [-0.1, -0.05) is 67.0 Å². The van der Waals surface area contributed by atoms with E-state index in [1.807, 2.05) is 43.3 Å². The molecule has 0 unspecified atom stereocenters. The second-order valence-electron chi connectivity index (χ2n) is 15.7. The van der Waals surface area contributed by atoms with E-state index in [2.05, 4.69) is 10.0 Å². The van der Waals surface area contributed by atoms with E-state index in [0.29, 0.717) is 37.2 Å². The molecule has 12 nitrogen and oxygen atoms in total. The molecule has 1 saturated carbocycles. The van der Waals surface area contributed by atoms with E-state index in [1.165, 1.54) is 4.90 Å². The average molecular weight is 747 g/mol. The van der Waals surface area contributed by atoms with Crippen molar-refractivity contribution in [1.82, 2.24) is 19.8 Å². The first-order chi connectivity index (χ1) is 25.2. The lowest BCUT2D eigenvalue weighted by molar-refractivity contribution is -0.159. The number of nitrogens with one attached hydrogen (secondary N) is 2. The zero-order valence-electron chi connectivity index (χ0n) is 30.9. The number of nitrogens with zero attached hydrogens (tertiary/aromatic N) is 2. The first-order valence-corrected chi connectivity index (χ1v) is 19.7. The lowest BCUT2D eigenvalue weighted by Crippen LogP contribution is -2.56. The maximum atomic E-state index is 14.4. The van der Waals surface area contributed by atoms with Crippen molar-refractivity contribution in [3.05, 3.63) is 77.4 Å². The molecule has 6 rings (SSSR count). The van der Waals surface area contributed by atoms with Crippen LogP contribution in [-0.2, 0) is 52.7 Å². The van der Waals surface area contributed by atoms with E-state index >= 15 is 0 Å². The van der Waals surface area contributed by atoms with Crippen LogP contribution in [0.4, 0.5) is 4.79 Å². The lowest BCUT2D eigenvalue weighted by atomic mass is 9.95. The SMILES string of the molecule is Cc1ccc([S@](=O)NC(=O)[C@@]23C[C@H]2/C=C\CCCCC[C@H](CC(=O)OC(C)(C)C)C(=O)N2C[C@H](OC(=O)N4Cc5ccccc5C4)C[C@H]2C(=O)N3)cc1. The number of rotatable bonds is 6. The Bertz CT molecular complexity index is 1760. The van der Waals surface area contributed by atoms with Gasteiger partial charge < -0.3 is 19.7 Å². The van der Waals surface area contributed by atoms with E-state index in [1.54, 1.807) is 49.9 Å². The number of esters is 1. The largest absolute Gasteiger partial charge is 0.460 e. The van der Waals surface area contributed by atoms with Crippen molar-refractivity contribution in [2.45, 2.75) is 120 Å². The Morgan fingerprint density at radius 2 is 1.70 bits per heavy atom. The Morgan fingerprint density at radius 1 is 1.00 bits per heavy atom. The zero-order valence-corrected chi connectivity index (χ0v) is 31.7. The summed E-state index contributed by atoms with van der Waals surface area (Å²) in [6.45, 7) is 7.94. The van der Waals surface area contributed by atoms with Crippen LogP contribution in [0.3, 0.4) is 0 Å². The summed E-state index contributed by atoms with van der Waals surface area (Å²) in [5.41, 5.74) is 0.923. The molecule has 284 valence electrons. The van der Waals surface area contributed by atoms with Gasteiger partial charge in [-0.05, 0) is 76.6 Å². The van der Waals surface area contributed by atoms with Crippen LogP contribution in [0, 0.1) is 18.8 Å². The Labute approximate surface area is 313 Å². The monoisotopic (exact) mass is 746 g/mol. The Morgan fingerprint density at radius 3 is 2.38 bits per heavy atom. The van der Waals surface area contributed by atoms with Crippen molar-refractivity contribution in [3.63, 3.8) is 0 Å². The third-order valence-corrected chi connectivity index (χ3v) is 11.4. The van der Waals surface area contributed by atoms with Crippen LogP contribution in [0.1, 0.15) is 88.8 Å². The van der Waals surface area contributed by atoms with Crippen molar-refractivity contribution in [3.8, 4) is 0 Å². The number of carbonyl (C=O) groups is 5. The number of aryl methyl sites for hydroxylation is 1. The van der Waals surface area contributed by atoms with Crippen molar-refractivity contribution < 1.29 is 37.7 Å². The van der Waals surface area contributed by atoms with Crippen molar-refractivity contribution in [1.29, 1.82) is 0 Å². The maximum absolute atomic E-state index is 14.4. The summed E-state index contributed by atoms with van der Waals surface area (Å²) in [6, 6.07) is 13.7. The third-order valence-electron chi connectivity index (χ3n) is 10.4. The Kier molecular flexibility index (Phi) is 11.4. The molecule has 1 saturated heterocycles. The summed E-state index contributed by atoms with van der Waals surface area (Å²) in [5.74, 6) is -3.18. The van der Waals surface area contributed by atoms with Gasteiger partial charge in [0.1, 0.15) is 23.3 Å². The predicted molar refractivity (Wildman–Crippen MR) is 197 cm³/mol. The fraction of sp³-hybridized carbons (Fsp3) is 0.525. The van der Waals surface area contributed by atoms with Crippen LogP contribution >= 0.6 is 0 Å². The van der Waals surface area contributed by atoms with Gasteiger partial charge in [0, 0.05) is 31.3 Å². The van der Waals surface area contributed by atoms with Gasteiger partial charge in [0.15, 0.2) is 11.0 Å². The van der Waals surface area contributed by atoms with Gasteiger partial charge in [0.25, 0.3) is 5.91 Å². The van der Waals surface area contributed by atoms with Crippen molar-refractivity contribution >= 4 is 40.8 Å². The molecule has 2 fully saturated rings. The summed E-state index contributed by atoms with van der Waals surface area (Å²) < 4.78 is 27.4. The molecule has 1 aliphatic carbocycles. The van der Waals surface area contributed by atoms with E-state index in [0.717, 1.165) is 36.0 Å². The summed E-state index contributed by atoms with van der Waals surface area (Å²) in [7, 11) is -1.87. The molecule has 53 heavy (non-hydrogen) atoms. The maximum Gasteiger partial charge on any atom is 0.410 e. The molecule has 2 aromatic carbocycles. The molecule has 0 bridgehead atoms. The zero-order chi connectivity index (χ0) is 37.9. The van der Waals surface area contributed by atoms with Crippen LogP contribution < -0.4 is 10.0 Å². The molecule has 2 aromatic rings. The minimum atomic E-state index is -1.87. The van der Waals surface area contributed by atoms with Crippen LogP contribution in [0.15, 0.2) is 65.6 Å². The first kappa shape index (κ1) is 38.2. The normalized spacial score (nSPS) is 27.2. The average Bonchev–Trinajstić information content (AvgIpc) is 3.40. The number of allylic oxidation sites excluding steroid dienone is 1. The molecule has 4 amide bonds. The number of hydrogen-bond donors (Lipinski definition) is 2. The van der Waals surface area contributed by atoms with Crippen molar-refractivity contribution in [2.75, 3.05) is 6.54 Å². The molecule has 4 aliphatic rings. The molecule has 3 aliphatic heterocycles. The fourth-order valence-corrected chi connectivity index (χ4v) is 8.31. The second kappa shape index (κ2) is 15.8. The summed E-state index contributed by atoms with van der Waals surface area (Å²) >= 11 is 0. The minimum absolute atomic E-state index is 0.0107. The number of benzene rings is 2. The summed E-state index contributed by atoms with van der Waals surface area (Å²) in [6.07, 6.45) is 6.22. The fourth-order valence-electron chi connectivity index (χ4n) is 7.46. The Hall–Kier alpha value is -4.52. The number of hydrogen-bond acceptors (Lipinski definition) is 8. The molecule has 3 heterocycles. The molecular weight excluding hydrogens is 697 g/mol. The molecule has 2 N–H and O–H groups in total. The minimum Gasteiger partial charge on any atom is -0.460 e. The number of fused-ring (bicyclic) bond motifs is 3. The van der Waals surface area contributed by atoms with Gasteiger partial charge in [-0.25, -0.2) is 9.00 Å². The molecule has 0 radical (unpaired) electrons. The Balaban J connectivity index is 1.25. The highest BCUT2D eigenvalue weighted by Gasteiger charge is 2.61. The highest BCUT2D eigenvalue weighted by atomic mass is 32.2. The van der Waals surface area contributed by atoms with Crippen LogP contribution in [0.5, 0.6) is 0 Å². The topological polar surface area (TPSA) is 151 Å². The second-order valence-corrected chi connectivity index (χ2v) is 16.9. The summed E-state index contributed by atoms with van der Waals surface area (Å²) in [4.78, 5) is 72.5. The number of carbonyl (C=O) groups excluding carboxylic acids is 5. The van der Waals surface area contributed by atoms with Gasteiger partial charge in [-0.15, -0.1) is 0 Å². The van der Waals surface area contributed by atoms with Gasteiger partial charge in [0.05, 0.1) is 17.9 Å². The van der Waals surface area contributed by atoms with Gasteiger partial charge in [-0.2, -0.15) is 0 Å². The lowest BCUT2D eigenvalue weighted by Gasteiger charge is -2.30. The van der Waals surface area contributed by atoms with E-state index < -0.39 is 70.0 Å². The smallest absolute Gasteiger partial charge is 0.410 e. The summed E-state index contributed by atoms with van der Waals surface area (Å²) in [5, 5.41) is 2.95. The number of amides is 4. The third kappa shape index (κ3) is 9.17. The van der Waals surface area contributed by atoms with E-state index in [4.69, 9.17) is 9.47 Å². The highest BCUT2D eigenvalue weighted by Crippen LogP contribution is 2.46. The van der Waals surface area contributed by atoms with Gasteiger partial charge in [-0.3, -0.25) is 28.8 Å². The molecular formula is C40H50N4O8S. The van der Waals surface area contributed by atoms with Gasteiger partial charge in [0.2, 0.25) is 11.8 Å². The quantitative estimate of drug-likeness (QED) is 0.310. The number of ether oxygens (including phenoxy) is 2. The molecule has 13 heteroatoms. The predicted octanol–water partition coefficient (Wildman–Crippen LogP) is 5.00. The molecule has 0 aromatic heterocycles. The standard InChI is InChI=1S/C40H50N4O8S/c1-26-16-18-32(19-17-26)53(50)42-37(48)40-22-30(40)15-9-7-5-6-8-12-27(20-34(45)52-39(2,3)4)36(47)44-25-31(21-33(44)35(46)41-40)51-38(49)43-23-28-13-10-11-14-29(28)24-43/h9-11,13-19,27,30-31,33H,5-8,12,20-25H2,1-4H3,(H,41,46)(H,42,48)/b15-9-/t27-,30-,31-,33+,40-,53+/m1/s1. The van der Waals surface area contributed by atoms with E-state index in [-0.39, 0.29) is 25.3 Å². The van der Waals surface area contributed by atoms with Crippen LogP contribution in [0.25, 0.3) is 0 Å². The molecule has 0 spiro atoms. The van der Waals surface area contributed by atoms with Crippen LogP contribution in [-0.4, -0.2) is 73.6 Å². The first-order valence-electron chi connectivity index (χ1n) is 18.6. The van der Waals surface area contributed by atoms with Crippen molar-refractivity contribution in [2.24, 2.45) is 11.8 Å². The van der Waals surface area contributed by atoms with Gasteiger partial charge >= 0.3 is 12.1 Å². The highest BCUT2D eigenvalue weighted by molar-refractivity contribution is 7.83.